The molecule has 0 unspecified atom stereocenters. The fraction of sp³-hybridized carbons (Fsp3) is 0.636. The molecule has 1 aromatic rings. The van der Waals surface area contributed by atoms with Crippen LogP contribution >= 0.6 is 0 Å². The number of amides is 2. The summed E-state index contributed by atoms with van der Waals surface area (Å²) in [6, 6.07) is 10.5. The van der Waals surface area contributed by atoms with E-state index in [0.29, 0.717) is 6.61 Å². The molecule has 2 aliphatic heterocycles. The maximum atomic E-state index is 12.9. The van der Waals surface area contributed by atoms with E-state index in [9.17, 15) is 9.59 Å². The molecule has 0 N–H and O–H groups in total. The van der Waals surface area contributed by atoms with Gasteiger partial charge in [0.25, 0.3) is 0 Å². The molecular weight excluding hydrogens is 354 g/mol. The van der Waals surface area contributed by atoms with E-state index in [1.807, 2.05) is 40.1 Å². The average molecular weight is 388 g/mol. The Morgan fingerprint density at radius 1 is 1.11 bits per heavy atom. The first kappa shape index (κ1) is 20.6. The highest BCUT2D eigenvalue weighted by molar-refractivity contribution is 5.73. The van der Waals surface area contributed by atoms with Gasteiger partial charge >= 0.3 is 6.09 Å². The SMILES string of the molecule is CC[C@@H]1CC[C@@H](CN2CCN(C(C)=O)[C@H](C)C2)N1C(=O)OCc1ccccc1. The molecule has 2 aliphatic rings. The van der Waals surface area contributed by atoms with Gasteiger partial charge in [0, 0.05) is 51.2 Å². The summed E-state index contributed by atoms with van der Waals surface area (Å²) >= 11 is 0. The molecule has 0 radical (unpaired) electrons. The number of hydrogen-bond donors (Lipinski definition) is 0. The van der Waals surface area contributed by atoms with Gasteiger partial charge in [0.2, 0.25) is 5.91 Å². The summed E-state index contributed by atoms with van der Waals surface area (Å²) in [4.78, 5) is 30.9. The van der Waals surface area contributed by atoms with Crippen molar-refractivity contribution in [1.82, 2.24) is 14.7 Å². The number of benzene rings is 1. The fourth-order valence-electron chi connectivity index (χ4n) is 4.60. The number of nitrogens with zero attached hydrogens (tertiary/aromatic N) is 3. The van der Waals surface area contributed by atoms with Crippen molar-refractivity contribution in [2.75, 3.05) is 26.2 Å². The first-order valence-electron chi connectivity index (χ1n) is 10.5. The van der Waals surface area contributed by atoms with Crippen molar-refractivity contribution in [1.29, 1.82) is 0 Å². The zero-order valence-electron chi connectivity index (χ0n) is 17.3. The summed E-state index contributed by atoms with van der Waals surface area (Å²) in [5, 5.41) is 0. The minimum atomic E-state index is -0.200. The largest absolute Gasteiger partial charge is 0.445 e. The van der Waals surface area contributed by atoms with E-state index in [-0.39, 0.29) is 30.1 Å². The second kappa shape index (κ2) is 9.41. The van der Waals surface area contributed by atoms with Crippen molar-refractivity contribution in [2.45, 2.75) is 64.8 Å². The Morgan fingerprint density at radius 2 is 1.82 bits per heavy atom. The summed E-state index contributed by atoms with van der Waals surface area (Å²) in [5.41, 5.74) is 1.01. The third kappa shape index (κ3) is 4.85. The Bertz CT molecular complexity index is 666. The second-order valence-corrected chi connectivity index (χ2v) is 8.06. The lowest BCUT2D eigenvalue weighted by atomic mass is 10.1. The molecule has 0 aromatic heterocycles. The van der Waals surface area contributed by atoms with E-state index < -0.39 is 0 Å². The van der Waals surface area contributed by atoms with Gasteiger partial charge in [-0.25, -0.2) is 4.79 Å². The van der Waals surface area contributed by atoms with Crippen LogP contribution in [-0.2, 0) is 16.1 Å². The van der Waals surface area contributed by atoms with Crippen molar-refractivity contribution in [3.05, 3.63) is 35.9 Å². The van der Waals surface area contributed by atoms with Crippen molar-refractivity contribution in [3.63, 3.8) is 0 Å². The van der Waals surface area contributed by atoms with Crippen LogP contribution in [0.4, 0.5) is 4.79 Å². The predicted molar refractivity (Wildman–Crippen MR) is 109 cm³/mol. The van der Waals surface area contributed by atoms with Crippen molar-refractivity contribution < 1.29 is 14.3 Å². The first-order chi connectivity index (χ1) is 13.5. The maximum Gasteiger partial charge on any atom is 0.410 e. The van der Waals surface area contributed by atoms with Gasteiger partial charge in [-0.05, 0) is 31.7 Å². The standard InChI is InChI=1S/C22H33N3O3/c1-4-20-10-11-21(15-23-12-13-24(18(3)26)17(2)14-23)25(20)22(27)28-16-19-8-6-5-7-9-19/h5-9,17,20-21H,4,10-16H2,1-3H3/t17-,20-,21+/m1/s1. The second-order valence-electron chi connectivity index (χ2n) is 8.06. The maximum absolute atomic E-state index is 12.9. The smallest absolute Gasteiger partial charge is 0.410 e. The average Bonchev–Trinajstić information content (AvgIpc) is 3.09. The molecule has 28 heavy (non-hydrogen) atoms. The van der Waals surface area contributed by atoms with Crippen LogP contribution in [0.3, 0.4) is 0 Å². The molecule has 0 bridgehead atoms. The number of ether oxygens (including phenoxy) is 1. The summed E-state index contributed by atoms with van der Waals surface area (Å²) in [7, 11) is 0. The molecule has 2 fully saturated rings. The van der Waals surface area contributed by atoms with Gasteiger partial charge in [0.1, 0.15) is 6.61 Å². The van der Waals surface area contributed by atoms with Crippen LogP contribution in [0.2, 0.25) is 0 Å². The van der Waals surface area contributed by atoms with E-state index in [2.05, 4.69) is 18.7 Å². The molecule has 2 amide bonds. The Labute approximate surface area is 168 Å². The Hall–Kier alpha value is -2.08. The molecule has 0 spiro atoms. The van der Waals surface area contributed by atoms with Gasteiger partial charge in [0.15, 0.2) is 0 Å². The van der Waals surface area contributed by atoms with Crippen LogP contribution in [0.1, 0.15) is 45.6 Å². The van der Waals surface area contributed by atoms with Crippen LogP contribution in [-0.4, -0.2) is 71.0 Å². The van der Waals surface area contributed by atoms with Crippen molar-refractivity contribution in [3.8, 4) is 0 Å². The third-order valence-electron chi connectivity index (χ3n) is 6.09. The molecular formula is C22H33N3O3. The molecule has 0 saturated carbocycles. The van der Waals surface area contributed by atoms with Crippen LogP contribution in [0.25, 0.3) is 0 Å². The summed E-state index contributed by atoms with van der Waals surface area (Å²) < 4.78 is 5.65. The minimum Gasteiger partial charge on any atom is -0.445 e. The summed E-state index contributed by atoms with van der Waals surface area (Å²) in [6.45, 7) is 9.53. The van der Waals surface area contributed by atoms with Crippen LogP contribution in [0.5, 0.6) is 0 Å². The quantitative estimate of drug-likeness (QED) is 0.779. The molecule has 6 heteroatoms. The van der Waals surface area contributed by atoms with E-state index in [4.69, 9.17) is 4.74 Å². The topological polar surface area (TPSA) is 53.1 Å². The Balaban J connectivity index is 1.58. The summed E-state index contributed by atoms with van der Waals surface area (Å²) in [6.07, 6.45) is 2.80. The Morgan fingerprint density at radius 3 is 2.46 bits per heavy atom. The summed E-state index contributed by atoms with van der Waals surface area (Å²) in [5.74, 6) is 0.144. The highest BCUT2D eigenvalue weighted by Crippen LogP contribution is 2.28. The monoisotopic (exact) mass is 387 g/mol. The first-order valence-corrected chi connectivity index (χ1v) is 10.5. The van der Waals surface area contributed by atoms with E-state index in [1.165, 1.54) is 0 Å². The zero-order valence-corrected chi connectivity index (χ0v) is 17.3. The molecule has 1 aromatic carbocycles. The van der Waals surface area contributed by atoms with E-state index in [1.54, 1.807) is 6.92 Å². The third-order valence-corrected chi connectivity index (χ3v) is 6.09. The number of carbonyl (C=O) groups excluding carboxylic acids is 2. The number of likely N-dealkylation sites (tertiary alicyclic amines) is 1. The van der Waals surface area contributed by atoms with Crippen LogP contribution < -0.4 is 0 Å². The zero-order chi connectivity index (χ0) is 20.1. The normalized spacial score (nSPS) is 25.8. The lowest BCUT2D eigenvalue weighted by molar-refractivity contribution is -0.133. The molecule has 3 rings (SSSR count). The number of rotatable bonds is 5. The van der Waals surface area contributed by atoms with Crippen molar-refractivity contribution >= 4 is 12.0 Å². The molecule has 6 nitrogen and oxygen atoms in total. The molecule has 2 saturated heterocycles. The Kier molecular flexibility index (Phi) is 6.94. The minimum absolute atomic E-state index is 0.144. The lowest BCUT2D eigenvalue weighted by Crippen LogP contribution is -2.56. The highest BCUT2D eigenvalue weighted by atomic mass is 16.6. The van der Waals surface area contributed by atoms with Gasteiger partial charge in [-0.1, -0.05) is 37.3 Å². The van der Waals surface area contributed by atoms with Gasteiger partial charge in [-0.3, -0.25) is 9.69 Å². The fourth-order valence-corrected chi connectivity index (χ4v) is 4.60. The lowest BCUT2D eigenvalue weighted by Gasteiger charge is -2.41. The van der Waals surface area contributed by atoms with Gasteiger partial charge in [-0.15, -0.1) is 0 Å². The van der Waals surface area contributed by atoms with Crippen LogP contribution in [0.15, 0.2) is 30.3 Å². The highest BCUT2D eigenvalue weighted by Gasteiger charge is 2.38. The van der Waals surface area contributed by atoms with E-state index >= 15 is 0 Å². The van der Waals surface area contributed by atoms with Crippen molar-refractivity contribution in [2.24, 2.45) is 0 Å². The molecule has 154 valence electrons. The van der Waals surface area contributed by atoms with E-state index in [0.717, 1.165) is 51.0 Å². The van der Waals surface area contributed by atoms with Gasteiger partial charge < -0.3 is 14.5 Å². The molecule has 2 heterocycles. The van der Waals surface area contributed by atoms with Crippen LogP contribution in [0, 0.1) is 0 Å². The number of piperazine rings is 1. The predicted octanol–water partition coefficient (Wildman–Crippen LogP) is 3.12. The van der Waals surface area contributed by atoms with Gasteiger partial charge in [0.05, 0.1) is 0 Å². The van der Waals surface area contributed by atoms with Gasteiger partial charge in [-0.2, -0.15) is 0 Å². The molecule has 0 aliphatic carbocycles. The molecule has 3 atom stereocenters. The number of carbonyl (C=O) groups is 2. The number of hydrogen-bond acceptors (Lipinski definition) is 4.